The van der Waals surface area contributed by atoms with Crippen molar-refractivity contribution < 1.29 is 13.2 Å². The maximum Gasteiger partial charge on any atom is 0.242 e. The van der Waals surface area contributed by atoms with E-state index in [1.165, 1.54) is 11.8 Å². The van der Waals surface area contributed by atoms with Gasteiger partial charge in [-0.15, -0.1) is 0 Å². The first-order chi connectivity index (χ1) is 15.6. The topological polar surface area (TPSA) is 83.6 Å². The minimum Gasteiger partial charge on any atom is -0.380 e. The molecule has 4 rings (SSSR count). The Labute approximate surface area is 191 Å². The first-order valence-corrected chi connectivity index (χ1v) is 13.2. The van der Waals surface area contributed by atoms with E-state index in [-0.39, 0.29) is 10.9 Å². The molecule has 1 aromatic carbocycles. The molecule has 2 N–H and O–H groups in total. The van der Waals surface area contributed by atoms with Gasteiger partial charge in [0.25, 0.3) is 0 Å². The highest BCUT2D eigenvalue weighted by atomic mass is 32.2. The Hall–Kier alpha value is -2.00. The predicted molar refractivity (Wildman–Crippen MR) is 126 cm³/mol. The zero-order chi connectivity index (χ0) is 22.2. The lowest BCUT2D eigenvalue weighted by atomic mass is 9.92. The van der Waals surface area contributed by atoms with Crippen molar-refractivity contribution in [1.29, 1.82) is 0 Å². The zero-order valence-electron chi connectivity index (χ0n) is 18.6. The highest BCUT2D eigenvalue weighted by Crippen LogP contribution is 2.22. The molecule has 2 aromatic rings. The van der Waals surface area contributed by atoms with Gasteiger partial charge in [-0.1, -0.05) is 30.3 Å². The van der Waals surface area contributed by atoms with Gasteiger partial charge in [-0.25, -0.2) is 18.1 Å². The van der Waals surface area contributed by atoms with Crippen molar-refractivity contribution in [2.24, 2.45) is 0 Å². The summed E-state index contributed by atoms with van der Waals surface area (Å²) in [6, 6.07) is 14.4. The maximum atomic E-state index is 12.9. The molecule has 0 atom stereocenters. The summed E-state index contributed by atoms with van der Waals surface area (Å²) >= 11 is 0. The first-order valence-electron chi connectivity index (χ1n) is 11.7. The summed E-state index contributed by atoms with van der Waals surface area (Å²) in [6.45, 7) is 4.04. The Kier molecular flexibility index (Phi) is 8.13. The van der Waals surface area contributed by atoms with Gasteiger partial charge in [-0.3, -0.25) is 0 Å². The van der Waals surface area contributed by atoms with Gasteiger partial charge >= 0.3 is 0 Å². The van der Waals surface area contributed by atoms with Crippen LogP contribution in [0, 0.1) is 0 Å². The fraction of sp³-hybridized carbons (Fsp3) is 0.542. The number of nitrogens with one attached hydrogen (secondary N) is 2. The van der Waals surface area contributed by atoms with Gasteiger partial charge in [0.15, 0.2) is 0 Å². The number of hydrogen-bond acceptors (Lipinski definition) is 6. The summed E-state index contributed by atoms with van der Waals surface area (Å²) in [7, 11) is -3.56. The van der Waals surface area contributed by atoms with E-state index in [1.807, 2.05) is 6.07 Å². The van der Waals surface area contributed by atoms with Crippen molar-refractivity contribution in [3.05, 3.63) is 54.2 Å². The van der Waals surface area contributed by atoms with Crippen LogP contribution in [0.3, 0.4) is 0 Å². The third-order valence-electron chi connectivity index (χ3n) is 6.32. The highest BCUT2D eigenvalue weighted by Gasteiger charge is 2.26. The van der Waals surface area contributed by atoms with Crippen LogP contribution in [0.2, 0.25) is 0 Å². The van der Waals surface area contributed by atoms with Crippen molar-refractivity contribution in [1.82, 2.24) is 15.0 Å². The minimum atomic E-state index is -3.56. The number of nitrogens with zero attached hydrogens (tertiary/aromatic N) is 2. The molecular formula is C24H34N4O3S. The van der Waals surface area contributed by atoms with Crippen molar-refractivity contribution in [3.8, 4) is 0 Å². The maximum absolute atomic E-state index is 12.9. The number of hydrogen-bond donors (Lipinski definition) is 2. The summed E-state index contributed by atoms with van der Waals surface area (Å²) in [5, 5.41) is 3.63. The van der Waals surface area contributed by atoms with Crippen LogP contribution in [0.1, 0.15) is 37.7 Å². The monoisotopic (exact) mass is 458 g/mol. The van der Waals surface area contributed by atoms with E-state index in [4.69, 9.17) is 4.74 Å². The summed E-state index contributed by atoms with van der Waals surface area (Å²) < 4.78 is 34.1. The van der Waals surface area contributed by atoms with Gasteiger partial charge in [0.1, 0.15) is 10.7 Å². The van der Waals surface area contributed by atoms with Gasteiger partial charge < -0.3 is 15.0 Å². The van der Waals surface area contributed by atoms with E-state index in [2.05, 4.69) is 44.2 Å². The van der Waals surface area contributed by atoms with E-state index < -0.39 is 10.0 Å². The lowest BCUT2D eigenvalue weighted by Crippen LogP contribution is -2.42. The van der Waals surface area contributed by atoms with Gasteiger partial charge in [0, 0.05) is 38.0 Å². The molecule has 8 heteroatoms. The Bertz CT molecular complexity index is 921. The molecular weight excluding hydrogens is 424 g/mol. The number of aromatic nitrogens is 1. The molecule has 2 fully saturated rings. The van der Waals surface area contributed by atoms with Crippen molar-refractivity contribution >= 4 is 15.8 Å². The van der Waals surface area contributed by atoms with Crippen LogP contribution in [-0.2, 0) is 21.2 Å². The standard InChI is InChI=1S/C24H34N4O3S/c29-32(30,23-11-12-24(26-19-23)28-15-4-17-31-18-16-28)27-22-9-7-21(8-10-22)25-14-13-20-5-2-1-3-6-20/h1-3,5-6,11-12,19,21-22,25,27H,4,7-10,13-18H2. The summed E-state index contributed by atoms with van der Waals surface area (Å²) in [5.41, 5.74) is 1.34. The molecule has 1 aliphatic heterocycles. The normalized spacial score (nSPS) is 22.4. The Morgan fingerprint density at radius 1 is 0.969 bits per heavy atom. The second-order valence-corrected chi connectivity index (χ2v) is 10.4. The fourth-order valence-corrected chi connectivity index (χ4v) is 5.71. The molecule has 1 saturated heterocycles. The molecule has 1 saturated carbocycles. The summed E-state index contributed by atoms with van der Waals surface area (Å²) in [6.07, 6.45) is 7.10. The molecule has 2 heterocycles. The largest absolute Gasteiger partial charge is 0.380 e. The number of benzene rings is 1. The molecule has 0 spiro atoms. The molecule has 2 aliphatic rings. The van der Waals surface area contributed by atoms with Gasteiger partial charge in [-0.2, -0.15) is 0 Å². The smallest absolute Gasteiger partial charge is 0.242 e. The van der Waals surface area contributed by atoms with Crippen LogP contribution in [0.25, 0.3) is 0 Å². The molecule has 0 radical (unpaired) electrons. The molecule has 32 heavy (non-hydrogen) atoms. The highest BCUT2D eigenvalue weighted by molar-refractivity contribution is 7.89. The van der Waals surface area contributed by atoms with Crippen molar-refractivity contribution in [2.75, 3.05) is 37.7 Å². The molecule has 0 bridgehead atoms. The molecule has 0 amide bonds. The lowest BCUT2D eigenvalue weighted by Gasteiger charge is -2.29. The molecule has 1 aromatic heterocycles. The van der Waals surface area contributed by atoms with E-state index in [0.29, 0.717) is 12.6 Å². The fourth-order valence-electron chi connectivity index (χ4n) is 4.46. The molecule has 0 unspecified atom stereocenters. The van der Waals surface area contributed by atoms with E-state index in [9.17, 15) is 8.42 Å². The van der Waals surface area contributed by atoms with Crippen LogP contribution in [0.5, 0.6) is 0 Å². The van der Waals surface area contributed by atoms with Crippen molar-refractivity contribution in [3.63, 3.8) is 0 Å². The Morgan fingerprint density at radius 2 is 1.75 bits per heavy atom. The average molecular weight is 459 g/mol. The second-order valence-electron chi connectivity index (χ2n) is 8.66. The third-order valence-corrected chi connectivity index (χ3v) is 7.82. The molecule has 1 aliphatic carbocycles. The Morgan fingerprint density at radius 3 is 2.50 bits per heavy atom. The summed E-state index contributed by atoms with van der Waals surface area (Å²) in [5.74, 6) is 0.802. The number of pyridine rings is 1. The zero-order valence-corrected chi connectivity index (χ0v) is 19.4. The minimum absolute atomic E-state index is 0.0189. The first kappa shape index (κ1) is 23.2. The Balaban J connectivity index is 1.23. The van der Waals surface area contributed by atoms with Gasteiger partial charge in [0.2, 0.25) is 10.0 Å². The van der Waals surface area contributed by atoms with Crippen LogP contribution in [-0.4, -0.2) is 58.3 Å². The van der Waals surface area contributed by atoms with Crippen LogP contribution in [0.15, 0.2) is 53.6 Å². The predicted octanol–water partition coefficient (Wildman–Crippen LogP) is 2.73. The van der Waals surface area contributed by atoms with Crippen molar-refractivity contribution in [2.45, 2.75) is 55.5 Å². The number of rotatable bonds is 8. The third kappa shape index (κ3) is 6.51. The van der Waals surface area contributed by atoms with E-state index in [0.717, 1.165) is 70.6 Å². The lowest BCUT2D eigenvalue weighted by molar-refractivity contribution is 0.152. The number of ether oxygens (including phenoxy) is 1. The molecule has 174 valence electrons. The average Bonchev–Trinajstić information content (AvgIpc) is 3.11. The molecule has 7 nitrogen and oxygen atoms in total. The van der Waals surface area contributed by atoms with Gasteiger partial charge in [-0.05, 0) is 62.8 Å². The second kappa shape index (κ2) is 11.2. The van der Waals surface area contributed by atoms with Gasteiger partial charge in [0.05, 0.1) is 6.61 Å². The van der Waals surface area contributed by atoms with Crippen LogP contribution in [0.4, 0.5) is 5.82 Å². The summed E-state index contributed by atoms with van der Waals surface area (Å²) in [4.78, 5) is 6.79. The quantitative estimate of drug-likeness (QED) is 0.633. The number of sulfonamides is 1. The SMILES string of the molecule is O=S(=O)(NC1CCC(NCCc2ccccc2)CC1)c1ccc(N2CCCOCC2)nc1. The number of anilines is 1. The van der Waals surface area contributed by atoms with E-state index in [1.54, 1.807) is 12.1 Å². The van der Waals surface area contributed by atoms with E-state index >= 15 is 0 Å². The van der Waals surface area contributed by atoms with Crippen LogP contribution >= 0.6 is 0 Å². The van der Waals surface area contributed by atoms with Crippen LogP contribution < -0.4 is 14.9 Å².